The summed E-state index contributed by atoms with van der Waals surface area (Å²) in [5, 5.41) is 21.2. The number of rotatable bonds is 5. The SMILES string of the molecule is COc1cc2c(cc1O)C(NOCc1ccc(C)cc1)=C[C@@H]1[C@@H]2CC[C@]2(C)[C@H](O)CC[C@@H]12. The molecule has 5 rings (SSSR count). The van der Waals surface area contributed by atoms with Gasteiger partial charge in [-0.15, -0.1) is 0 Å². The van der Waals surface area contributed by atoms with Crippen molar-refractivity contribution in [3.8, 4) is 11.5 Å². The van der Waals surface area contributed by atoms with Gasteiger partial charge in [0, 0.05) is 5.56 Å². The number of benzene rings is 2. The second kappa shape index (κ2) is 8.13. The van der Waals surface area contributed by atoms with Gasteiger partial charge >= 0.3 is 0 Å². The molecular weight excluding hydrogens is 402 g/mol. The predicted molar refractivity (Wildman–Crippen MR) is 124 cm³/mol. The summed E-state index contributed by atoms with van der Waals surface area (Å²) in [6.45, 7) is 4.78. The summed E-state index contributed by atoms with van der Waals surface area (Å²) in [5.41, 5.74) is 8.52. The highest BCUT2D eigenvalue weighted by molar-refractivity contribution is 5.72. The zero-order valence-corrected chi connectivity index (χ0v) is 19.1. The van der Waals surface area contributed by atoms with Crippen molar-refractivity contribution in [1.29, 1.82) is 0 Å². The minimum absolute atomic E-state index is 0.0377. The largest absolute Gasteiger partial charge is 0.504 e. The van der Waals surface area contributed by atoms with E-state index in [1.165, 1.54) is 11.1 Å². The van der Waals surface area contributed by atoms with Crippen LogP contribution >= 0.6 is 0 Å². The number of phenols is 1. The lowest BCUT2D eigenvalue weighted by Crippen LogP contribution is -2.43. The van der Waals surface area contributed by atoms with Crippen LogP contribution in [0.2, 0.25) is 0 Å². The fourth-order valence-corrected chi connectivity index (χ4v) is 6.30. The Balaban J connectivity index is 1.47. The zero-order chi connectivity index (χ0) is 22.5. The van der Waals surface area contributed by atoms with Crippen LogP contribution in [0, 0.1) is 24.2 Å². The van der Waals surface area contributed by atoms with Crippen LogP contribution in [-0.4, -0.2) is 23.4 Å². The molecule has 2 aromatic carbocycles. The highest BCUT2D eigenvalue weighted by Gasteiger charge is 2.54. The van der Waals surface area contributed by atoms with Gasteiger partial charge in [0.15, 0.2) is 11.5 Å². The third-order valence-electron chi connectivity index (χ3n) is 8.22. The van der Waals surface area contributed by atoms with Crippen LogP contribution in [-0.2, 0) is 11.4 Å². The second-order valence-corrected chi connectivity index (χ2v) is 10.00. The number of phenolic OH excluding ortho intramolecular Hbond substituents is 1. The number of methoxy groups -OCH3 is 1. The number of hydrogen-bond donors (Lipinski definition) is 3. The lowest BCUT2D eigenvalue weighted by molar-refractivity contribution is -0.00877. The normalized spacial score (nSPS) is 30.7. The van der Waals surface area contributed by atoms with Gasteiger partial charge in [-0.05, 0) is 79.0 Å². The average molecular weight is 436 g/mol. The van der Waals surface area contributed by atoms with E-state index in [1.807, 2.05) is 6.07 Å². The molecule has 170 valence electrons. The first-order valence-corrected chi connectivity index (χ1v) is 11.6. The summed E-state index contributed by atoms with van der Waals surface area (Å²) >= 11 is 0. The molecule has 0 bridgehead atoms. The maximum Gasteiger partial charge on any atom is 0.160 e. The van der Waals surface area contributed by atoms with E-state index in [-0.39, 0.29) is 17.3 Å². The average Bonchev–Trinajstić information content (AvgIpc) is 3.09. The molecule has 2 saturated carbocycles. The van der Waals surface area contributed by atoms with E-state index < -0.39 is 0 Å². The van der Waals surface area contributed by atoms with E-state index in [0.29, 0.717) is 30.1 Å². The van der Waals surface area contributed by atoms with Crippen molar-refractivity contribution in [2.45, 2.75) is 58.2 Å². The lowest BCUT2D eigenvalue weighted by Gasteiger charge is -2.49. The minimum atomic E-state index is -0.230. The molecule has 0 heterocycles. The fourth-order valence-electron chi connectivity index (χ4n) is 6.30. The smallest absolute Gasteiger partial charge is 0.160 e. The first-order valence-electron chi connectivity index (χ1n) is 11.6. The Kier molecular flexibility index (Phi) is 5.42. The van der Waals surface area contributed by atoms with Gasteiger partial charge in [0.05, 0.1) is 25.5 Å². The maximum absolute atomic E-state index is 10.7. The standard InChI is InChI=1S/C27H33NO4/c1-16-4-6-17(7-5-16)15-32-28-23-12-20-18(10-11-27(2)22(20)8-9-26(27)30)19-14-25(31-3)24(29)13-21(19)23/h4-7,12-14,18,20,22,26,28-30H,8-11,15H2,1-3H3/t18-,20-,22+,26-,27+/m1/s1. The number of aliphatic hydroxyl groups excluding tert-OH is 1. The molecule has 0 spiro atoms. The first-order chi connectivity index (χ1) is 15.4. The van der Waals surface area contributed by atoms with Crippen molar-refractivity contribution >= 4 is 5.70 Å². The number of hydrogen-bond acceptors (Lipinski definition) is 5. The third-order valence-corrected chi connectivity index (χ3v) is 8.22. The summed E-state index contributed by atoms with van der Waals surface area (Å²) < 4.78 is 5.44. The summed E-state index contributed by atoms with van der Waals surface area (Å²) in [7, 11) is 1.59. The van der Waals surface area contributed by atoms with Crippen molar-refractivity contribution in [1.82, 2.24) is 5.48 Å². The number of allylic oxidation sites excluding steroid dienone is 1. The van der Waals surface area contributed by atoms with E-state index in [2.05, 4.69) is 49.7 Å². The summed E-state index contributed by atoms with van der Waals surface area (Å²) in [6, 6.07) is 12.1. The molecule has 5 heteroatoms. The molecule has 5 nitrogen and oxygen atoms in total. The Morgan fingerprint density at radius 1 is 1.12 bits per heavy atom. The van der Waals surface area contributed by atoms with Gasteiger partial charge in [-0.25, -0.2) is 0 Å². The van der Waals surface area contributed by atoms with Crippen molar-refractivity contribution < 1.29 is 19.8 Å². The Morgan fingerprint density at radius 2 is 1.91 bits per heavy atom. The van der Waals surface area contributed by atoms with Crippen LogP contribution in [0.5, 0.6) is 11.5 Å². The van der Waals surface area contributed by atoms with Crippen molar-refractivity contribution in [3.63, 3.8) is 0 Å². The van der Waals surface area contributed by atoms with E-state index in [1.54, 1.807) is 13.2 Å². The second-order valence-electron chi connectivity index (χ2n) is 10.00. The third kappa shape index (κ3) is 3.48. The molecule has 2 fully saturated rings. The van der Waals surface area contributed by atoms with Crippen LogP contribution in [0.3, 0.4) is 0 Å². The van der Waals surface area contributed by atoms with Crippen molar-refractivity contribution in [2.75, 3.05) is 7.11 Å². The molecule has 2 aromatic rings. The molecule has 0 aliphatic heterocycles. The molecule has 0 radical (unpaired) electrons. The van der Waals surface area contributed by atoms with Crippen LogP contribution < -0.4 is 10.2 Å². The fraction of sp³-hybridized carbons (Fsp3) is 0.481. The Bertz CT molecular complexity index is 1030. The molecular formula is C27H33NO4. The van der Waals surface area contributed by atoms with Crippen LogP contribution in [0.15, 0.2) is 42.5 Å². The van der Waals surface area contributed by atoms with Gasteiger partial charge in [0.1, 0.15) is 0 Å². The molecule has 3 N–H and O–H groups in total. The first kappa shape index (κ1) is 21.4. The highest BCUT2D eigenvalue weighted by atomic mass is 16.6. The molecule has 0 unspecified atom stereocenters. The molecule has 3 aliphatic rings. The van der Waals surface area contributed by atoms with E-state index in [9.17, 15) is 10.2 Å². The van der Waals surface area contributed by atoms with Gasteiger partial charge in [0.25, 0.3) is 0 Å². The molecule has 3 aliphatic carbocycles. The highest BCUT2D eigenvalue weighted by Crippen LogP contribution is 2.61. The van der Waals surface area contributed by atoms with Gasteiger partial charge in [-0.1, -0.05) is 42.8 Å². The zero-order valence-electron chi connectivity index (χ0n) is 19.1. The number of hydroxylamine groups is 1. The van der Waals surface area contributed by atoms with Crippen LogP contribution in [0.25, 0.3) is 5.70 Å². The molecule has 0 aromatic heterocycles. The van der Waals surface area contributed by atoms with E-state index in [0.717, 1.165) is 42.5 Å². The lowest BCUT2D eigenvalue weighted by atomic mass is 9.56. The number of aromatic hydroxyl groups is 1. The number of ether oxygens (including phenoxy) is 1. The van der Waals surface area contributed by atoms with Crippen molar-refractivity contribution in [3.05, 3.63) is 64.7 Å². The topological polar surface area (TPSA) is 71.0 Å². The number of aliphatic hydroxyl groups is 1. The molecule has 0 saturated heterocycles. The molecule has 0 amide bonds. The summed E-state index contributed by atoms with van der Waals surface area (Å²) in [4.78, 5) is 5.91. The van der Waals surface area contributed by atoms with Gasteiger partial charge in [-0.3, -0.25) is 10.3 Å². The van der Waals surface area contributed by atoms with Gasteiger partial charge in [-0.2, -0.15) is 0 Å². The number of fused-ring (bicyclic) bond motifs is 5. The Morgan fingerprint density at radius 3 is 2.66 bits per heavy atom. The molecule has 32 heavy (non-hydrogen) atoms. The summed E-state index contributed by atoms with van der Waals surface area (Å²) in [5.74, 6) is 1.73. The Hall–Kier alpha value is -2.50. The minimum Gasteiger partial charge on any atom is -0.504 e. The molecule has 5 atom stereocenters. The number of nitrogens with one attached hydrogen (secondary N) is 1. The number of aryl methyl sites for hydroxylation is 1. The van der Waals surface area contributed by atoms with Gasteiger partial charge < -0.3 is 14.9 Å². The summed E-state index contributed by atoms with van der Waals surface area (Å²) in [6.07, 6.45) is 6.00. The quantitative estimate of drug-likeness (QED) is 0.573. The monoisotopic (exact) mass is 435 g/mol. The van der Waals surface area contributed by atoms with E-state index >= 15 is 0 Å². The maximum atomic E-state index is 10.7. The van der Waals surface area contributed by atoms with Crippen LogP contribution in [0.1, 0.15) is 60.8 Å². The van der Waals surface area contributed by atoms with Crippen LogP contribution in [0.4, 0.5) is 0 Å². The van der Waals surface area contributed by atoms with Gasteiger partial charge in [0.2, 0.25) is 0 Å². The van der Waals surface area contributed by atoms with E-state index in [4.69, 9.17) is 9.57 Å². The predicted octanol–water partition coefficient (Wildman–Crippen LogP) is 5.06. The Labute approximate surface area is 190 Å². The van der Waals surface area contributed by atoms with Crippen molar-refractivity contribution in [2.24, 2.45) is 17.3 Å².